The van der Waals surface area contributed by atoms with Crippen LogP contribution in [0.15, 0.2) is 30.5 Å². The van der Waals surface area contributed by atoms with Crippen LogP contribution in [0.5, 0.6) is 23.1 Å². The molecule has 0 bridgehead atoms. The fourth-order valence-electron chi connectivity index (χ4n) is 3.52. The van der Waals surface area contributed by atoms with Crippen molar-refractivity contribution in [2.75, 3.05) is 26.6 Å². The summed E-state index contributed by atoms with van der Waals surface area (Å²) in [5.74, 6) is 1.90. The lowest BCUT2D eigenvalue weighted by Gasteiger charge is -2.29. The van der Waals surface area contributed by atoms with Crippen LogP contribution >= 0.6 is 0 Å². The van der Waals surface area contributed by atoms with Gasteiger partial charge in [0.15, 0.2) is 11.5 Å². The zero-order valence-electron chi connectivity index (χ0n) is 17.8. The Balaban J connectivity index is 1.50. The lowest BCUT2D eigenvalue weighted by Crippen LogP contribution is -2.41. The summed E-state index contributed by atoms with van der Waals surface area (Å²) >= 11 is 0. The van der Waals surface area contributed by atoms with Crippen molar-refractivity contribution in [1.82, 2.24) is 10.3 Å². The molecule has 1 aliphatic rings. The van der Waals surface area contributed by atoms with Crippen LogP contribution in [-0.4, -0.2) is 44.5 Å². The second-order valence-corrected chi connectivity index (χ2v) is 7.10. The normalized spacial score (nSPS) is 17.7. The van der Waals surface area contributed by atoms with E-state index in [0.29, 0.717) is 34.4 Å². The van der Waals surface area contributed by atoms with Crippen LogP contribution in [-0.2, 0) is 0 Å². The lowest BCUT2D eigenvalue weighted by atomic mass is 9.93. The number of benzene rings is 1. The Morgan fingerprint density at radius 1 is 1.06 bits per heavy atom. The Bertz CT molecular complexity index is 909. The number of urea groups is 1. The molecule has 1 aromatic heterocycles. The highest BCUT2D eigenvalue weighted by atomic mass is 16.5. The molecule has 9 heteroatoms. The number of amides is 2. The molecule has 0 spiro atoms. The molecular weight excluding hydrogens is 400 g/mol. The van der Waals surface area contributed by atoms with E-state index >= 15 is 0 Å². The SMILES string of the molecule is COc1cc(NC(=O)NC2CCC(Oc3ccc(C#N)cn3)CC2)cc(OC)c1OC. The summed E-state index contributed by atoms with van der Waals surface area (Å²) in [6.07, 6.45) is 4.73. The van der Waals surface area contributed by atoms with Crippen LogP contribution in [0, 0.1) is 11.3 Å². The number of ether oxygens (including phenoxy) is 4. The van der Waals surface area contributed by atoms with Gasteiger partial charge in [-0.1, -0.05) is 0 Å². The average Bonchev–Trinajstić information content (AvgIpc) is 2.80. The molecule has 0 saturated heterocycles. The largest absolute Gasteiger partial charge is 0.493 e. The van der Waals surface area contributed by atoms with Gasteiger partial charge in [0.25, 0.3) is 0 Å². The number of carbonyl (C=O) groups is 1. The van der Waals surface area contributed by atoms with E-state index in [4.69, 9.17) is 24.2 Å². The number of carbonyl (C=O) groups excluding carboxylic acids is 1. The fraction of sp³-hybridized carbons (Fsp3) is 0.409. The summed E-state index contributed by atoms with van der Waals surface area (Å²) in [6.45, 7) is 0. The van der Waals surface area contributed by atoms with Crippen LogP contribution in [0.4, 0.5) is 10.5 Å². The van der Waals surface area contributed by atoms with Crippen LogP contribution in [0.1, 0.15) is 31.2 Å². The Morgan fingerprint density at radius 2 is 1.74 bits per heavy atom. The van der Waals surface area contributed by atoms with Crippen molar-refractivity contribution in [3.63, 3.8) is 0 Å². The highest BCUT2D eigenvalue weighted by Gasteiger charge is 2.24. The second-order valence-electron chi connectivity index (χ2n) is 7.10. The maximum atomic E-state index is 12.5. The first kappa shape index (κ1) is 22.0. The number of anilines is 1. The molecule has 0 aliphatic heterocycles. The van der Waals surface area contributed by atoms with E-state index in [1.165, 1.54) is 27.5 Å². The maximum Gasteiger partial charge on any atom is 0.319 e. The van der Waals surface area contributed by atoms with Crippen LogP contribution in [0.25, 0.3) is 0 Å². The van der Waals surface area contributed by atoms with Gasteiger partial charge < -0.3 is 29.6 Å². The summed E-state index contributed by atoms with van der Waals surface area (Å²) in [5, 5.41) is 14.7. The summed E-state index contributed by atoms with van der Waals surface area (Å²) in [6, 6.07) is 8.53. The van der Waals surface area contributed by atoms with E-state index < -0.39 is 0 Å². The molecule has 2 aromatic rings. The number of aromatic nitrogens is 1. The number of nitriles is 1. The molecule has 1 fully saturated rings. The molecule has 1 aliphatic carbocycles. The third kappa shape index (κ3) is 5.69. The Kier molecular flexibility index (Phi) is 7.38. The van der Waals surface area contributed by atoms with Gasteiger partial charge in [0.2, 0.25) is 11.6 Å². The lowest BCUT2D eigenvalue weighted by molar-refractivity contribution is 0.135. The number of hydrogen-bond donors (Lipinski definition) is 2. The Morgan fingerprint density at radius 3 is 2.26 bits per heavy atom. The van der Waals surface area contributed by atoms with E-state index in [1.807, 2.05) is 6.07 Å². The van der Waals surface area contributed by atoms with Crippen molar-refractivity contribution in [2.24, 2.45) is 0 Å². The average molecular weight is 426 g/mol. The Hall–Kier alpha value is -3.67. The molecule has 1 heterocycles. The quantitative estimate of drug-likeness (QED) is 0.696. The fourth-order valence-corrected chi connectivity index (χ4v) is 3.52. The summed E-state index contributed by atoms with van der Waals surface area (Å²) in [5.41, 5.74) is 1.04. The van der Waals surface area contributed by atoms with Crippen molar-refractivity contribution in [3.05, 3.63) is 36.0 Å². The molecule has 3 rings (SSSR count). The number of methoxy groups -OCH3 is 3. The Labute approximate surface area is 181 Å². The van der Waals surface area contributed by atoms with Crippen LogP contribution < -0.4 is 29.6 Å². The standard InChI is InChI=1S/C22H26N4O5/c1-28-18-10-16(11-19(29-2)21(18)30-3)26-22(27)25-15-5-7-17(8-6-15)31-20-9-4-14(12-23)13-24-20/h4,9-11,13,15,17H,5-8H2,1-3H3,(H2,25,26,27). The van der Waals surface area contributed by atoms with E-state index in [0.717, 1.165) is 25.7 Å². The van der Waals surface area contributed by atoms with Gasteiger partial charge in [-0.3, -0.25) is 0 Å². The third-order valence-electron chi connectivity index (χ3n) is 5.08. The molecule has 0 unspecified atom stereocenters. The summed E-state index contributed by atoms with van der Waals surface area (Å²) in [7, 11) is 4.57. The summed E-state index contributed by atoms with van der Waals surface area (Å²) in [4.78, 5) is 16.6. The second kappa shape index (κ2) is 10.4. The van der Waals surface area contributed by atoms with E-state index in [2.05, 4.69) is 15.6 Å². The maximum absolute atomic E-state index is 12.5. The summed E-state index contributed by atoms with van der Waals surface area (Å²) < 4.78 is 21.8. The van der Waals surface area contributed by atoms with Gasteiger partial charge >= 0.3 is 6.03 Å². The first-order chi connectivity index (χ1) is 15.1. The molecule has 9 nitrogen and oxygen atoms in total. The molecular formula is C22H26N4O5. The van der Waals surface area contributed by atoms with Gasteiger partial charge in [0.1, 0.15) is 12.2 Å². The zero-order chi connectivity index (χ0) is 22.2. The number of nitrogens with one attached hydrogen (secondary N) is 2. The minimum Gasteiger partial charge on any atom is -0.493 e. The van der Waals surface area contributed by atoms with Crippen LogP contribution in [0.2, 0.25) is 0 Å². The van der Waals surface area contributed by atoms with Gasteiger partial charge in [0, 0.05) is 30.4 Å². The topological polar surface area (TPSA) is 115 Å². The predicted molar refractivity (Wildman–Crippen MR) is 114 cm³/mol. The van der Waals surface area contributed by atoms with Gasteiger partial charge in [-0.2, -0.15) is 5.26 Å². The van der Waals surface area contributed by atoms with Gasteiger partial charge in [-0.05, 0) is 31.7 Å². The molecule has 1 saturated carbocycles. The highest BCUT2D eigenvalue weighted by molar-refractivity contribution is 5.90. The van der Waals surface area contributed by atoms with Crippen LogP contribution in [0.3, 0.4) is 0 Å². The van der Waals surface area contributed by atoms with Gasteiger partial charge in [-0.25, -0.2) is 9.78 Å². The smallest absolute Gasteiger partial charge is 0.319 e. The van der Waals surface area contributed by atoms with Crippen molar-refractivity contribution in [2.45, 2.75) is 37.8 Å². The van der Waals surface area contributed by atoms with E-state index in [1.54, 1.807) is 24.3 Å². The number of rotatable bonds is 7. The minimum absolute atomic E-state index is 0.0386. The number of hydrogen-bond acceptors (Lipinski definition) is 7. The van der Waals surface area contributed by atoms with Gasteiger partial charge in [-0.15, -0.1) is 0 Å². The molecule has 1 aromatic carbocycles. The predicted octanol–water partition coefficient (Wildman–Crippen LogP) is 3.49. The molecule has 31 heavy (non-hydrogen) atoms. The number of pyridine rings is 1. The van der Waals surface area contributed by atoms with E-state index in [-0.39, 0.29) is 18.2 Å². The minimum atomic E-state index is -0.299. The molecule has 2 N–H and O–H groups in total. The van der Waals surface area contributed by atoms with Crippen molar-refractivity contribution >= 4 is 11.7 Å². The highest BCUT2D eigenvalue weighted by Crippen LogP contribution is 2.39. The molecule has 2 amide bonds. The molecule has 0 radical (unpaired) electrons. The number of nitrogens with zero attached hydrogens (tertiary/aromatic N) is 2. The monoisotopic (exact) mass is 426 g/mol. The first-order valence-electron chi connectivity index (χ1n) is 9.96. The third-order valence-corrected chi connectivity index (χ3v) is 5.08. The zero-order valence-corrected chi connectivity index (χ0v) is 17.8. The first-order valence-corrected chi connectivity index (χ1v) is 9.96. The van der Waals surface area contributed by atoms with E-state index in [9.17, 15) is 4.79 Å². The molecule has 0 atom stereocenters. The van der Waals surface area contributed by atoms with Crippen molar-refractivity contribution < 1.29 is 23.7 Å². The van der Waals surface area contributed by atoms with Crippen molar-refractivity contribution in [3.8, 4) is 29.2 Å². The van der Waals surface area contributed by atoms with Crippen molar-refractivity contribution in [1.29, 1.82) is 5.26 Å². The van der Waals surface area contributed by atoms with Gasteiger partial charge in [0.05, 0.1) is 32.6 Å². The molecule has 164 valence electrons.